The minimum Gasteiger partial charge on any atom is -0.457 e. The number of quaternary nitrogens is 1. The summed E-state index contributed by atoms with van der Waals surface area (Å²) in [6, 6.07) is 21.7. The molecule has 0 fully saturated rings. The Bertz CT molecular complexity index is 532. The Morgan fingerprint density at radius 1 is 0.850 bits per heavy atom. The van der Waals surface area contributed by atoms with Crippen LogP contribution in [-0.4, -0.2) is 26.7 Å². The van der Waals surface area contributed by atoms with Gasteiger partial charge in [-0.05, 0) is 8.07 Å². The van der Waals surface area contributed by atoms with E-state index in [-0.39, 0.29) is 0 Å². The first kappa shape index (κ1) is 15.0. The van der Waals surface area contributed by atoms with E-state index in [0.717, 1.165) is 11.0 Å². The van der Waals surface area contributed by atoms with E-state index >= 15 is 0 Å². The maximum Gasteiger partial charge on any atom is 0.0799 e. The highest BCUT2D eigenvalue weighted by molar-refractivity contribution is 6.92. The van der Waals surface area contributed by atoms with Gasteiger partial charge < -0.3 is 4.48 Å². The highest BCUT2D eigenvalue weighted by Gasteiger charge is 2.22. The van der Waals surface area contributed by atoms with Gasteiger partial charge in [0, 0.05) is 19.7 Å². The van der Waals surface area contributed by atoms with Crippen molar-refractivity contribution in [2.45, 2.75) is 19.6 Å². The van der Waals surface area contributed by atoms with Crippen molar-refractivity contribution in [3.63, 3.8) is 0 Å². The van der Waals surface area contributed by atoms with Gasteiger partial charge in [0.2, 0.25) is 0 Å². The van der Waals surface area contributed by atoms with Crippen LogP contribution >= 0.6 is 0 Å². The predicted molar refractivity (Wildman–Crippen MR) is 90.1 cm³/mol. The highest BCUT2D eigenvalue weighted by atomic mass is 28.3. The van der Waals surface area contributed by atoms with Crippen molar-refractivity contribution in [1.29, 1.82) is 0 Å². The normalized spacial score (nSPS) is 12.4. The smallest absolute Gasteiger partial charge is 0.0799 e. The van der Waals surface area contributed by atoms with Gasteiger partial charge in [-0.25, -0.2) is 0 Å². The highest BCUT2D eigenvalue weighted by Crippen LogP contribution is 2.18. The van der Waals surface area contributed by atoms with Crippen LogP contribution in [0.4, 0.5) is 0 Å². The lowest BCUT2D eigenvalue weighted by Crippen LogP contribution is -2.53. The van der Waals surface area contributed by atoms with Crippen molar-refractivity contribution in [1.82, 2.24) is 0 Å². The molecule has 20 heavy (non-hydrogen) atoms. The van der Waals surface area contributed by atoms with Gasteiger partial charge in [0.1, 0.15) is 0 Å². The first-order valence-corrected chi connectivity index (χ1v) is 10.3. The van der Waals surface area contributed by atoms with Crippen molar-refractivity contribution < 1.29 is 4.48 Å². The zero-order chi connectivity index (χ0) is 14.6. The molecule has 2 aromatic carbocycles. The summed E-state index contributed by atoms with van der Waals surface area (Å²) in [6.07, 6.45) is 2.56. The first-order valence-electron chi connectivity index (χ1n) is 7.18. The van der Waals surface area contributed by atoms with Gasteiger partial charge in [0.05, 0.1) is 6.54 Å². The van der Waals surface area contributed by atoms with Crippen LogP contribution in [0.3, 0.4) is 0 Å². The first-order chi connectivity index (χ1) is 9.39. The molecule has 0 unspecified atom stereocenters. The van der Waals surface area contributed by atoms with Crippen LogP contribution in [0.15, 0.2) is 60.7 Å². The third-order valence-electron chi connectivity index (χ3n) is 3.62. The summed E-state index contributed by atoms with van der Waals surface area (Å²) in [6.45, 7) is 5.89. The van der Waals surface area contributed by atoms with Gasteiger partial charge in [0.25, 0.3) is 0 Å². The lowest BCUT2D eigenvalue weighted by atomic mass is 10.2. The van der Waals surface area contributed by atoms with Crippen LogP contribution in [0, 0.1) is 6.17 Å². The molecule has 0 atom stereocenters. The van der Waals surface area contributed by atoms with Crippen molar-refractivity contribution in [3.05, 3.63) is 72.4 Å². The zero-order valence-corrected chi connectivity index (χ0v) is 14.0. The monoisotopic (exact) mass is 283 g/mol. The van der Waals surface area contributed by atoms with Gasteiger partial charge in [-0.2, -0.15) is 0 Å². The summed E-state index contributed by atoms with van der Waals surface area (Å²) in [5, 5.41) is 1.50. The Hall–Kier alpha value is -1.38. The van der Waals surface area contributed by atoms with E-state index in [4.69, 9.17) is 0 Å². The molecular formula is C18H25NSi. The third-order valence-corrected chi connectivity index (χ3v) is 6.79. The molecule has 106 valence electrons. The van der Waals surface area contributed by atoms with Gasteiger partial charge in [-0.15, -0.1) is 6.17 Å². The molecule has 1 nitrogen and oxygen atoms in total. The van der Waals surface area contributed by atoms with Crippen LogP contribution in [-0.2, 0) is 6.54 Å². The molecule has 0 amide bonds. The molecule has 0 bridgehead atoms. The fraction of sp³-hybridized carbons (Fsp3) is 0.278. The van der Waals surface area contributed by atoms with Crippen LogP contribution in [0.1, 0.15) is 5.56 Å². The molecule has 0 heterocycles. The summed E-state index contributed by atoms with van der Waals surface area (Å²) >= 11 is 0. The standard InChI is InChI=1S/C18H25NSi/c1-19(2,15-17-11-7-5-8-12-17)16-20(3,4)18-13-9-6-10-14-18/h5-14,16H,15H2,1-4H3. The minimum atomic E-state index is -1.52. The van der Waals surface area contributed by atoms with Gasteiger partial charge in [-0.3, -0.25) is 0 Å². The van der Waals surface area contributed by atoms with E-state index in [2.05, 4.69) is 94.0 Å². The molecule has 0 spiro atoms. The lowest BCUT2D eigenvalue weighted by molar-refractivity contribution is -0.867. The average molecular weight is 283 g/mol. The van der Waals surface area contributed by atoms with E-state index < -0.39 is 8.07 Å². The van der Waals surface area contributed by atoms with E-state index in [1.54, 1.807) is 0 Å². The number of hydrogen-bond donors (Lipinski definition) is 0. The molecule has 0 N–H and O–H groups in total. The Kier molecular flexibility index (Phi) is 4.46. The zero-order valence-electron chi connectivity index (χ0n) is 13.0. The SMILES string of the molecule is C[N+](C)([CH-][Si](C)(C)c1ccccc1)Cc1ccccc1. The summed E-state index contributed by atoms with van der Waals surface area (Å²) in [5.41, 5.74) is 1.40. The maximum atomic E-state index is 2.56. The number of hydrogen-bond acceptors (Lipinski definition) is 0. The molecule has 2 heteroatoms. The summed E-state index contributed by atoms with van der Waals surface area (Å²) in [7, 11) is 3.07. The second-order valence-electron chi connectivity index (χ2n) is 6.64. The molecule has 0 saturated heterocycles. The Balaban J connectivity index is 2.11. The fourth-order valence-corrected chi connectivity index (χ4v) is 5.95. The van der Waals surface area contributed by atoms with Crippen molar-refractivity contribution >= 4 is 13.3 Å². The molecule has 2 rings (SSSR count). The Morgan fingerprint density at radius 3 is 1.90 bits per heavy atom. The molecule has 0 aliphatic carbocycles. The third kappa shape index (κ3) is 4.05. The number of rotatable bonds is 5. The second-order valence-corrected chi connectivity index (χ2v) is 10.9. The Morgan fingerprint density at radius 2 is 1.35 bits per heavy atom. The van der Waals surface area contributed by atoms with Gasteiger partial charge in [0.15, 0.2) is 0 Å². The van der Waals surface area contributed by atoms with Crippen LogP contribution in [0.2, 0.25) is 13.1 Å². The molecular weight excluding hydrogens is 258 g/mol. The summed E-state index contributed by atoms with van der Waals surface area (Å²) in [4.78, 5) is 0. The number of benzene rings is 2. The molecule has 0 saturated carbocycles. The van der Waals surface area contributed by atoms with Crippen LogP contribution in [0.25, 0.3) is 0 Å². The van der Waals surface area contributed by atoms with Crippen molar-refractivity contribution in [3.8, 4) is 0 Å². The van der Waals surface area contributed by atoms with Gasteiger partial charge >= 0.3 is 0 Å². The van der Waals surface area contributed by atoms with Crippen LogP contribution in [0.5, 0.6) is 0 Å². The quantitative estimate of drug-likeness (QED) is 0.447. The number of nitrogens with zero attached hydrogens (tertiary/aromatic N) is 1. The molecule has 0 aliphatic heterocycles. The molecule has 2 aromatic rings. The minimum absolute atomic E-state index is 0.929. The molecule has 0 aromatic heterocycles. The average Bonchev–Trinajstić information content (AvgIpc) is 2.39. The molecule has 0 aliphatic rings. The van der Waals surface area contributed by atoms with E-state index in [1.807, 2.05) is 0 Å². The van der Waals surface area contributed by atoms with Crippen molar-refractivity contribution in [2.75, 3.05) is 14.1 Å². The van der Waals surface area contributed by atoms with E-state index in [1.165, 1.54) is 10.8 Å². The topological polar surface area (TPSA) is 0 Å². The molecule has 0 radical (unpaired) electrons. The second kappa shape index (κ2) is 5.94. The van der Waals surface area contributed by atoms with Crippen LogP contribution < -0.4 is 5.19 Å². The maximum absolute atomic E-state index is 2.56. The summed E-state index contributed by atoms with van der Waals surface area (Å²) < 4.78 is 0.929. The summed E-state index contributed by atoms with van der Waals surface area (Å²) in [5.74, 6) is 0. The fourth-order valence-electron chi connectivity index (χ4n) is 2.92. The van der Waals surface area contributed by atoms with Gasteiger partial charge in [-0.1, -0.05) is 78.9 Å². The lowest BCUT2D eigenvalue weighted by Gasteiger charge is -2.47. The Labute approximate surface area is 124 Å². The van der Waals surface area contributed by atoms with Crippen molar-refractivity contribution in [2.24, 2.45) is 0 Å². The van der Waals surface area contributed by atoms with E-state index in [9.17, 15) is 0 Å². The largest absolute Gasteiger partial charge is 0.457 e. The predicted octanol–water partition coefficient (Wildman–Crippen LogP) is 3.58. The van der Waals surface area contributed by atoms with E-state index in [0.29, 0.717) is 0 Å².